The van der Waals surface area contributed by atoms with E-state index in [1.165, 1.54) is 15.8 Å². The number of piperidine rings is 1. The van der Waals surface area contributed by atoms with Gasteiger partial charge in [-0.3, -0.25) is 4.98 Å². The molecule has 1 aromatic carbocycles. The van der Waals surface area contributed by atoms with Gasteiger partial charge in [-0.05, 0) is 99.2 Å². The first-order valence-corrected chi connectivity index (χ1v) is 13.3. The molecule has 34 heavy (non-hydrogen) atoms. The first-order valence-electron chi connectivity index (χ1n) is 12.4. The molecular weight excluding hydrogens is 442 g/mol. The van der Waals surface area contributed by atoms with Gasteiger partial charge in [0, 0.05) is 37.0 Å². The Labute approximate surface area is 208 Å². The zero-order valence-electron chi connectivity index (χ0n) is 21.1. The van der Waals surface area contributed by atoms with Gasteiger partial charge in [-0.1, -0.05) is 6.07 Å². The fourth-order valence-electron chi connectivity index (χ4n) is 5.41. The van der Waals surface area contributed by atoms with Crippen LogP contribution in [0.15, 0.2) is 41.9 Å². The molecule has 184 valence electrons. The summed E-state index contributed by atoms with van der Waals surface area (Å²) in [5.74, 6) is 0.863. The molecule has 1 atom stereocenters. The first-order chi connectivity index (χ1) is 16.4. The highest BCUT2D eigenvalue weighted by Crippen LogP contribution is 2.38. The summed E-state index contributed by atoms with van der Waals surface area (Å²) in [5, 5.41) is 13.7. The summed E-state index contributed by atoms with van der Waals surface area (Å²) in [5.41, 5.74) is 3.53. The third-order valence-electron chi connectivity index (χ3n) is 7.67. The number of likely N-dealkylation sites (tertiary alicyclic amines) is 1. The van der Waals surface area contributed by atoms with E-state index < -0.39 is 0 Å². The fraction of sp³-hybridized carbons (Fsp3) is 0.536. The molecule has 1 N–H and O–H groups in total. The molecule has 0 bridgehead atoms. The van der Waals surface area contributed by atoms with Crippen LogP contribution in [-0.4, -0.2) is 61.9 Å². The number of aliphatic hydroxyl groups excluding tert-OH is 1. The molecule has 0 amide bonds. The number of ether oxygens (including phenoxy) is 1. The summed E-state index contributed by atoms with van der Waals surface area (Å²) in [7, 11) is 5.87. The van der Waals surface area contributed by atoms with Crippen LogP contribution in [0, 0.1) is 5.41 Å². The standard InChI is InChI=1S/C28H39N3O2S/c1-21(17-23-7-6-16-34-23)31-14-12-28(20-32,13-15-31)11-5-8-24-25-18-22(33-4)9-10-26(25)29-19-27(24)30(2)3/h6-7,9-10,16,18-19,21,32H,5,8,11-15,17,20H2,1-4H3. The summed E-state index contributed by atoms with van der Waals surface area (Å²) in [6, 6.07) is 11.1. The Bertz CT molecular complexity index is 1060. The van der Waals surface area contributed by atoms with E-state index in [1.807, 2.05) is 29.7 Å². The van der Waals surface area contributed by atoms with Crippen molar-refractivity contribution in [1.29, 1.82) is 0 Å². The Morgan fingerprint density at radius 3 is 2.68 bits per heavy atom. The Kier molecular flexibility index (Phi) is 8.12. The lowest BCUT2D eigenvalue weighted by Gasteiger charge is -2.43. The molecule has 1 unspecified atom stereocenters. The van der Waals surface area contributed by atoms with Crippen LogP contribution in [0.25, 0.3) is 10.9 Å². The van der Waals surface area contributed by atoms with E-state index in [1.54, 1.807) is 7.11 Å². The Balaban J connectivity index is 1.41. The summed E-state index contributed by atoms with van der Waals surface area (Å²) in [6.07, 6.45) is 8.34. The molecule has 1 saturated heterocycles. The predicted octanol–water partition coefficient (Wildman–Crippen LogP) is 5.40. The number of methoxy groups -OCH3 is 1. The number of aromatic nitrogens is 1. The minimum absolute atomic E-state index is 0.0396. The maximum Gasteiger partial charge on any atom is 0.119 e. The number of pyridine rings is 1. The van der Waals surface area contributed by atoms with Crippen molar-refractivity contribution in [2.45, 2.75) is 51.5 Å². The molecule has 1 fully saturated rings. The van der Waals surface area contributed by atoms with Crippen LogP contribution >= 0.6 is 11.3 Å². The molecular formula is C28H39N3O2S. The second-order valence-corrected chi connectivity index (χ2v) is 11.1. The number of benzene rings is 1. The number of anilines is 1. The van der Waals surface area contributed by atoms with Crippen LogP contribution in [-0.2, 0) is 12.8 Å². The van der Waals surface area contributed by atoms with Crippen molar-refractivity contribution in [1.82, 2.24) is 9.88 Å². The maximum atomic E-state index is 10.4. The van der Waals surface area contributed by atoms with Gasteiger partial charge in [-0.25, -0.2) is 0 Å². The van der Waals surface area contributed by atoms with Gasteiger partial charge in [0.25, 0.3) is 0 Å². The summed E-state index contributed by atoms with van der Waals surface area (Å²) in [4.78, 5) is 10.9. The second-order valence-electron chi connectivity index (χ2n) is 10.1. The number of thiophene rings is 1. The van der Waals surface area contributed by atoms with Crippen molar-refractivity contribution in [2.75, 3.05) is 45.8 Å². The van der Waals surface area contributed by atoms with E-state index >= 15 is 0 Å². The van der Waals surface area contributed by atoms with Crippen molar-refractivity contribution >= 4 is 27.9 Å². The van der Waals surface area contributed by atoms with Gasteiger partial charge in [0.2, 0.25) is 0 Å². The van der Waals surface area contributed by atoms with Gasteiger partial charge in [0.1, 0.15) is 5.75 Å². The van der Waals surface area contributed by atoms with E-state index in [-0.39, 0.29) is 12.0 Å². The summed E-state index contributed by atoms with van der Waals surface area (Å²) < 4.78 is 5.49. The second kappa shape index (κ2) is 11.1. The van der Waals surface area contributed by atoms with Crippen LogP contribution in [0.2, 0.25) is 0 Å². The van der Waals surface area contributed by atoms with Crippen LogP contribution in [0.3, 0.4) is 0 Å². The SMILES string of the molecule is COc1ccc2ncc(N(C)C)c(CCCC3(CO)CCN(C(C)Cc4cccs4)CC3)c2c1. The lowest BCUT2D eigenvalue weighted by atomic mass is 9.74. The molecule has 0 spiro atoms. The lowest BCUT2D eigenvalue weighted by molar-refractivity contribution is 0.0228. The molecule has 5 nitrogen and oxygen atoms in total. The van der Waals surface area contributed by atoms with Crippen LogP contribution in [0.1, 0.15) is 43.0 Å². The zero-order chi connectivity index (χ0) is 24.1. The number of aliphatic hydroxyl groups is 1. The zero-order valence-corrected chi connectivity index (χ0v) is 21.9. The van der Waals surface area contributed by atoms with Gasteiger partial charge >= 0.3 is 0 Å². The topological polar surface area (TPSA) is 48.8 Å². The van der Waals surface area contributed by atoms with Crippen molar-refractivity contribution in [2.24, 2.45) is 5.41 Å². The molecule has 0 radical (unpaired) electrons. The Morgan fingerprint density at radius 2 is 2.03 bits per heavy atom. The van der Waals surface area contributed by atoms with Crippen molar-refractivity contribution in [3.8, 4) is 5.75 Å². The van der Waals surface area contributed by atoms with Gasteiger partial charge in [0.05, 0.1) is 24.5 Å². The van der Waals surface area contributed by atoms with Gasteiger partial charge in [0.15, 0.2) is 0 Å². The van der Waals surface area contributed by atoms with Crippen molar-refractivity contribution in [3.05, 3.63) is 52.3 Å². The first kappa shape index (κ1) is 25.0. The summed E-state index contributed by atoms with van der Waals surface area (Å²) in [6.45, 7) is 4.78. The number of hydrogen-bond acceptors (Lipinski definition) is 6. The molecule has 0 saturated carbocycles. The van der Waals surface area contributed by atoms with Gasteiger partial charge < -0.3 is 19.6 Å². The predicted molar refractivity (Wildman–Crippen MR) is 143 cm³/mol. The van der Waals surface area contributed by atoms with E-state index in [0.29, 0.717) is 6.04 Å². The number of hydrogen-bond donors (Lipinski definition) is 1. The third kappa shape index (κ3) is 5.56. The highest BCUT2D eigenvalue weighted by atomic mass is 32.1. The molecule has 2 aromatic heterocycles. The molecule has 0 aliphatic carbocycles. The third-order valence-corrected chi connectivity index (χ3v) is 8.57. The normalized spacial score (nSPS) is 17.1. The average Bonchev–Trinajstić information content (AvgIpc) is 3.37. The molecule has 4 rings (SSSR count). The van der Waals surface area contributed by atoms with Gasteiger partial charge in [-0.15, -0.1) is 11.3 Å². The van der Waals surface area contributed by atoms with Crippen LogP contribution < -0.4 is 9.64 Å². The van der Waals surface area contributed by atoms with E-state index in [2.05, 4.69) is 59.4 Å². The Hall–Kier alpha value is -2.15. The minimum Gasteiger partial charge on any atom is -0.497 e. The molecule has 3 aromatic rings. The monoisotopic (exact) mass is 481 g/mol. The molecule has 1 aliphatic heterocycles. The number of rotatable bonds is 10. The Morgan fingerprint density at radius 1 is 1.24 bits per heavy atom. The van der Waals surface area contributed by atoms with Gasteiger partial charge in [-0.2, -0.15) is 0 Å². The molecule has 1 aliphatic rings. The fourth-order valence-corrected chi connectivity index (χ4v) is 6.23. The lowest BCUT2D eigenvalue weighted by Crippen LogP contribution is -2.46. The number of fused-ring (bicyclic) bond motifs is 1. The molecule has 3 heterocycles. The van der Waals surface area contributed by atoms with E-state index in [4.69, 9.17) is 4.74 Å². The van der Waals surface area contributed by atoms with Crippen molar-refractivity contribution < 1.29 is 9.84 Å². The number of aryl methyl sites for hydroxylation is 1. The highest BCUT2D eigenvalue weighted by Gasteiger charge is 2.35. The van der Waals surface area contributed by atoms with Crippen LogP contribution in [0.4, 0.5) is 5.69 Å². The largest absolute Gasteiger partial charge is 0.497 e. The average molecular weight is 482 g/mol. The smallest absolute Gasteiger partial charge is 0.119 e. The summed E-state index contributed by atoms with van der Waals surface area (Å²) >= 11 is 1.85. The van der Waals surface area contributed by atoms with Crippen molar-refractivity contribution in [3.63, 3.8) is 0 Å². The molecule has 6 heteroatoms. The highest BCUT2D eigenvalue weighted by molar-refractivity contribution is 7.09. The maximum absolute atomic E-state index is 10.4. The quantitative estimate of drug-likeness (QED) is 0.420. The van der Waals surface area contributed by atoms with E-state index in [0.717, 1.165) is 68.6 Å². The van der Waals surface area contributed by atoms with E-state index in [9.17, 15) is 5.11 Å². The van der Waals surface area contributed by atoms with Crippen LogP contribution in [0.5, 0.6) is 5.75 Å². The number of nitrogens with zero attached hydrogens (tertiary/aromatic N) is 3. The minimum atomic E-state index is 0.0396.